The summed E-state index contributed by atoms with van der Waals surface area (Å²) in [5, 5.41) is 3.59. The number of amides is 1. The number of nitrogens with zero attached hydrogens (tertiary/aromatic N) is 2. The van der Waals surface area contributed by atoms with E-state index in [2.05, 4.69) is 41.5 Å². The third-order valence-corrected chi connectivity index (χ3v) is 6.37. The van der Waals surface area contributed by atoms with Crippen LogP contribution >= 0.6 is 11.3 Å². The van der Waals surface area contributed by atoms with E-state index in [1.165, 1.54) is 22.5 Å². The molecule has 0 spiro atoms. The molecule has 1 aliphatic heterocycles. The number of carbonyl (C=O) groups is 1. The zero-order valence-electron chi connectivity index (χ0n) is 15.7. The molecule has 1 aromatic carbocycles. The number of thiophene rings is 1. The highest BCUT2D eigenvalue weighted by Gasteiger charge is 2.22. The van der Waals surface area contributed by atoms with E-state index in [-0.39, 0.29) is 11.5 Å². The maximum atomic E-state index is 12.9. The van der Waals surface area contributed by atoms with Crippen LogP contribution in [-0.4, -0.2) is 22.0 Å². The fourth-order valence-electron chi connectivity index (χ4n) is 3.61. The molecule has 0 aliphatic carbocycles. The minimum Gasteiger partial charge on any atom is -0.351 e. The number of benzene rings is 1. The second kappa shape index (κ2) is 7.27. The number of hydrogen-bond donors (Lipinski definition) is 1. The summed E-state index contributed by atoms with van der Waals surface area (Å²) in [5.74, 6) is 0.733. The Balaban J connectivity index is 1.55. The van der Waals surface area contributed by atoms with Gasteiger partial charge in [-0.2, -0.15) is 0 Å². The third-order valence-electron chi connectivity index (χ3n) is 5.19. The van der Waals surface area contributed by atoms with Crippen molar-refractivity contribution in [3.05, 3.63) is 62.0 Å². The lowest BCUT2D eigenvalue weighted by molar-refractivity contribution is 0.0957. The largest absolute Gasteiger partial charge is 0.351 e. The lowest BCUT2D eigenvalue weighted by atomic mass is 10.1. The van der Waals surface area contributed by atoms with E-state index in [1.54, 1.807) is 4.57 Å². The zero-order chi connectivity index (χ0) is 19.0. The first-order valence-corrected chi connectivity index (χ1v) is 10.2. The summed E-state index contributed by atoms with van der Waals surface area (Å²) >= 11 is 1.33. The molecule has 0 radical (unpaired) electrons. The van der Waals surface area contributed by atoms with E-state index in [9.17, 15) is 9.59 Å². The molecule has 5 nitrogen and oxygen atoms in total. The highest BCUT2D eigenvalue weighted by atomic mass is 32.1. The molecule has 1 amide bonds. The number of fused-ring (bicyclic) bond motifs is 2. The SMILES string of the molecule is Cc1ccc(CCNC(=O)c2sc3nc4n(c(=O)c3c2C)CCCC4)cc1. The van der Waals surface area contributed by atoms with E-state index in [1.807, 2.05) is 6.92 Å². The maximum Gasteiger partial charge on any atom is 0.262 e. The third kappa shape index (κ3) is 3.41. The molecule has 27 heavy (non-hydrogen) atoms. The molecule has 3 aromatic rings. The lowest BCUT2D eigenvalue weighted by Gasteiger charge is -2.16. The summed E-state index contributed by atoms with van der Waals surface area (Å²) in [6.45, 7) is 5.21. The Hall–Kier alpha value is -2.47. The highest BCUT2D eigenvalue weighted by molar-refractivity contribution is 7.20. The Morgan fingerprint density at radius 3 is 2.78 bits per heavy atom. The van der Waals surface area contributed by atoms with E-state index in [4.69, 9.17) is 0 Å². The minimum absolute atomic E-state index is 0.00200. The molecule has 0 bridgehead atoms. The number of aromatic nitrogens is 2. The van der Waals surface area contributed by atoms with Crippen LogP contribution in [0.25, 0.3) is 10.2 Å². The molecular formula is C21H23N3O2S. The van der Waals surface area contributed by atoms with Gasteiger partial charge in [-0.3, -0.25) is 14.2 Å². The van der Waals surface area contributed by atoms with Gasteiger partial charge < -0.3 is 5.32 Å². The van der Waals surface area contributed by atoms with Crippen molar-refractivity contribution in [3.63, 3.8) is 0 Å². The molecule has 0 fully saturated rings. The monoisotopic (exact) mass is 381 g/mol. The van der Waals surface area contributed by atoms with Crippen molar-refractivity contribution in [2.24, 2.45) is 0 Å². The molecule has 140 valence electrons. The predicted molar refractivity (Wildman–Crippen MR) is 109 cm³/mol. The maximum absolute atomic E-state index is 12.9. The van der Waals surface area contributed by atoms with Crippen LogP contribution in [0.15, 0.2) is 29.1 Å². The van der Waals surface area contributed by atoms with Crippen LogP contribution in [0, 0.1) is 13.8 Å². The molecule has 3 heterocycles. The summed E-state index contributed by atoms with van der Waals surface area (Å²) < 4.78 is 1.78. The van der Waals surface area contributed by atoms with Crippen molar-refractivity contribution < 1.29 is 4.79 Å². The van der Waals surface area contributed by atoms with Crippen LogP contribution in [0.2, 0.25) is 0 Å². The van der Waals surface area contributed by atoms with Crippen LogP contribution in [0.5, 0.6) is 0 Å². The van der Waals surface area contributed by atoms with Gasteiger partial charge in [0.2, 0.25) is 0 Å². The van der Waals surface area contributed by atoms with E-state index in [0.717, 1.165) is 43.6 Å². The smallest absolute Gasteiger partial charge is 0.262 e. The molecule has 2 aromatic heterocycles. The Bertz CT molecular complexity index is 1060. The predicted octanol–water partition coefficient (Wildman–Crippen LogP) is 3.38. The van der Waals surface area contributed by atoms with Gasteiger partial charge in [-0.25, -0.2) is 4.98 Å². The van der Waals surface area contributed by atoms with Gasteiger partial charge in [0, 0.05) is 19.5 Å². The highest BCUT2D eigenvalue weighted by Crippen LogP contribution is 2.28. The Labute approximate surface area is 162 Å². The number of aryl methyl sites for hydroxylation is 3. The molecule has 6 heteroatoms. The number of rotatable bonds is 4. The second-order valence-electron chi connectivity index (χ2n) is 7.17. The van der Waals surface area contributed by atoms with Crippen LogP contribution in [-0.2, 0) is 19.4 Å². The fourth-order valence-corrected chi connectivity index (χ4v) is 4.71. The number of hydrogen-bond acceptors (Lipinski definition) is 4. The van der Waals surface area contributed by atoms with Crippen LogP contribution in [0.3, 0.4) is 0 Å². The molecule has 0 atom stereocenters. The van der Waals surface area contributed by atoms with Crippen molar-refractivity contribution in [2.75, 3.05) is 6.54 Å². The average molecular weight is 382 g/mol. The van der Waals surface area contributed by atoms with Gasteiger partial charge in [-0.05, 0) is 44.2 Å². The van der Waals surface area contributed by atoms with Crippen molar-refractivity contribution in [3.8, 4) is 0 Å². The van der Waals surface area contributed by atoms with Gasteiger partial charge in [0.25, 0.3) is 11.5 Å². The molecule has 1 aliphatic rings. The summed E-state index contributed by atoms with van der Waals surface area (Å²) in [6, 6.07) is 8.32. The van der Waals surface area contributed by atoms with Crippen LogP contribution in [0.1, 0.15) is 45.0 Å². The summed E-state index contributed by atoms with van der Waals surface area (Å²) in [5.41, 5.74) is 3.18. The number of nitrogens with one attached hydrogen (secondary N) is 1. The molecule has 4 rings (SSSR count). The lowest BCUT2D eigenvalue weighted by Crippen LogP contribution is -2.28. The fraction of sp³-hybridized carbons (Fsp3) is 0.381. The molecular weight excluding hydrogens is 358 g/mol. The van der Waals surface area contributed by atoms with Crippen molar-refractivity contribution in [1.29, 1.82) is 0 Å². The average Bonchev–Trinajstić information content (AvgIpc) is 3.00. The summed E-state index contributed by atoms with van der Waals surface area (Å²) in [7, 11) is 0. The first-order chi connectivity index (χ1) is 13.0. The van der Waals surface area contributed by atoms with E-state index < -0.39 is 0 Å². The summed E-state index contributed by atoms with van der Waals surface area (Å²) in [4.78, 5) is 31.5. The Morgan fingerprint density at radius 1 is 1.22 bits per heavy atom. The topological polar surface area (TPSA) is 64.0 Å². The summed E-state index contributed by atoms with van der Waals surface area (Å²) in [6.07, 6.45) is 3.69. The van der Waals surface area contributed by atoms with E-state index >= 15 is 0 Å². The first-order valence-electron chi connectivity index (χ1n) is 9.41. The quantitative estimate of drug-likeness (QED) is 0.753. The van der Waals surface area contributed by atoms with Crippen molar-refractivity contribution in [1.82, 2.24) is 14.9 Å². The molecule has 0 saturated carbocycles. The van der Waals surface area contributed by atoms with Crippen LogP contribution < -0.4 is 10.9 Å². The van der Waals surface area contributed by atoms with Gasteiger partial charge in [0.05, 0.1) is 10.3 Å². The van der Waals surface area contributed by atoms with Gasteiger partial charge in [0.1, 0.15) is 10.7 Å². The second-order valence-corrected chi connectivity index (χ2v) is 8.17. The standard InChI is InChI=1S/C21H23N3O2S/c1-13-6-8-15(9-7-13)10-11-22-19(25)18-14(2)17-20(27-18)23-16-5-3-4-12-24(16)21(17)26/h6-9H,3-5,10-12H2,1-2H3,(H,22,25). The zero-order valence-corrected chi connectivity index (χ0v) is 16.5. The normalized spacial score (nSPS) is 13.6. The molecule has 0 saturated heterocycles. The Kier molecular flexibility index (Phi) is 4.83. The van der Waals surface area contributed by atoms with Gasteiger partial charge in [-0.1, -0.05) is 29.8 Å². The van der Waals surface area contributed by atoms with Crippen molar-refractivity contribution in [2.45, 2.75) is 46.1 Å². The number of carbonyl (C=O) groups excluding carboxylic acids is 1. The first kappa shape index (κ1) is 17.9. The minimum atomic E-state index is -0.120. The van der Waals surface area contributed by atoms with Crippen molar-refractivity contribution >= 4 is 27.5 Å². The van der Waals surface area contributed by atoms with E-state index in [0.29, 0.717) is 21.6 Å². The van der Waals surface area contributed by atoms with Crippen LogP contribution in [0.4, 0.5) is 0 Å². The molecule has 1 N–H and O–H groups in total. The van der Waals surface area contributed by atoms with Gasteiger partial charge in [-0.15, -0.1) is 11.3 Å². The Morgan fingerprint density at radius 2 is 2.00 bits per heavy atom. The van der Waals surface area contributed by atoms with Gasteiger partial charge in [0.15, 0.2) is 0 Å². The van der Waals surface area contributed by atoms with Gasteiger partial charge >= 0.3 is 0 Å². The molecule has 0 unspecified atom stereocenters.